The van der Waals surface area contributed by atoms with Crippen LogP contribution in [0.25, 0.3) is 5.76 Å². The minimum absolute atomic E-state index is 0.000663. The van der Waals surface area contributed by atoms with Gasteiger partial charge >= 0.3 is 0 Å². The maximum Gasteiger partial charge on any atom is 0.295 e. The summed E-state index contributed by atoms with van der Waals surface area (Å²) in [6.07, 6.45) is 0. The van der Waals surface area contributed by atoms with Gasteiger partial charge in [-0.3, -0.25) is 9.59 Å². The van der Waals surface area contributed by atoms with Crippen molar-refractivity contribution >= 4 is 28.8 Å². The number of hydrogen-bond donors (Lipinski definition) is 2. The molecule has 1 aliphatic heterocycles. The highest BCUT2D eigenvalue weighted by molar-refractivity contribution is 7.09. The van der Waals surface area contributed by atoms with E-state index in [1.54, 1.807) is 30.3 Å². The number of aryl methyl sites for hydroxylation is 1. The van der Waals surface area contributed by atoms with Gasteiger partial charge in [-0.1, -0.05) is 18.2 Å². The van der Waals surface area contributed by atoms with Gasteiger partial charge in [-0.05, 0) is 66.8 Å². The highest BCUT2D eigenvalue weighted by atomic mass is 32.1. The molecule has 0 spiro atoms. The van der Waals surface area contributed by atoms with Gasteiger partial charge in [-0.25, -0.2) is 0 Å². The van der Waals surface area contributed by atoms with Gasteiger partial charge in [0.25, 0.3) is 11.7 Å². The molecular formula is C25H23NO5S. The second kappa shape index (κ2) is 8.88. The number of phenolic OH excluding ortho intramolecular Hbond substituents is 1. The number of ketones is 1. The first-order valence-electron chi connectivity index (χ1n) is 10.2. The number of nitrogens with zero attached hydrogens (tertiary/aromatic N) is 1. The summed E-state index contributed by atoms with van der Waals surface area (Å²) in [6.45, 7) is 4.47. The molecule has 1 fully saturated rings. The number of aromatic hydroxyl groups is 1. The molecule has 2 heterocycles. The smallest absolute Gasteiger partial charge is 0.295 e. The predicted octanol–water partition coefficient (Wildman–Crippen LogP) is 4.78. The number of carbonyl (C=O) groups excluding carboxylic acids is 2. The minimum Gasteiger partial charge on any atom is -0.508 e. The minimum atomic E-state index is -0.823. The van der Waals surface area contributed by atoms with Crippen molar-refractivity contribution in [3.8, 4) is 11.5 Å². The summed E-state index contributed by atoms with van der Waals surface area (Å²) < 4.78 is 5.56. The Balaban J connectivity index is 1.85. The van der Waals surface area contributed by atoms with Crippen LogP contribution in [-0.2, 0) is 16.1 Å². The maximum atomic E-state index is 13.1. The molecule has 1 saturated heterocycles. The summed E-state index contributed by atoms with van der Waals surface area (Å²) in [4.78, 5) is 28.4. The Labute approximate surface area is 190 Å². The zero-order chi connectivity index (χ0) is 22.8. The van der Waals surface area contributed by atoms with Crippen LogP contribution in [0.4, 0.5) is 0 Å². The van der Waals surface area contributed by atoms with Gasteiger partial charge in [-0.2, -0.15) is 0 Å². The van der Waals surface area contributed by atoms with E-state index in [-0.39, 0.29) is 23.6 Å². The number of likely N-dealkylation sites (tertiary alicyclic amines) is 1. The summed E-state index contributed by atoms with van der Waals surface area (Å²) in [5.74, 6) is -0.987. The second-order valence-corrected chi connectivity index (χ2v) is 8.55. The average molecular weight is 450 g/mol. The number of aliphatic hydroxyl groups is 1. The number of thiophene rings is 1. The van der Waals surface area contributed by atoms with Crippen molar-refractivity contribution in [2.75, 3.05) is 6.61 Å². The van der Waals surface area contributed by atoms with Gasteiger partial charge in [0.05, 0.1) is 24.8 Å². The normalized spacial score (nSPS) is 17.7. The van der Waals surface area contributed by atoms with Crippen LogP contribution >= 0.6 is 11.3 Å². The zero-order valence-electron chi connectivity index (χ0n) is 17.7. The molecule has 2 N–H and O–H groups in total. The summed E-state index contributed by atoms with van der Waals surface area (Å²) >= 11 is 1.48. The molecule has 2 aromatic carbocycles. The third-order valence-electron chi connectivity index (χ3n) is 5.38. The molecule has 32 heavy (non-hydrogen) atoms. The highest BCUT2D eigenvalue weighted by Gasteiger charge is 2.46. The molecule has 0 bridgehead atoms. The molecule has 0 radical (unpaired) electrons. The number of phenols is 1. The number of ether oxygens (including phenoxy) is 1. The van der Waals surface area contributed by atoms with Gasteiger partial charge in [0.15, 0.2) is 0 Å². The summed E-state index contributed by atoms with van der Waals surface area (Å²) in [6, 6.07) is 14.5. The fourth-order valence-electron chi connectivity index (χ4n) is 3.92. The van der Waals surface area contributed by atoms with E-state index in [1.807, 2.05) is 31.4 Å². The second-order valence-electron chi connectivity index (χ2n) is 7.51. The van der Waals surface area contributed by atoms with E-state index in [4.69, 9.17) is 4.74 Å². The lowest BCUT2D eigenvalue weighted by Gasteiger charge is -2.25. The van der Waals surface area contributed by atoms with Crippen LogP contribution in [0, 0.1) is 6.92 Å². The fourth-order valence-corrected chi connectivity index (χ4v) is 4.63. The van der Waals surface area contributed by atoms with Crippen molar-refractivity contribution in [2.45, 2.75) is 26.4 Å². The first kappa shape index (κ1) is 21.6. The first-order valence-corrected chi connectivity index (χ1v) is 11.1. The quantitative estimate of drug-likeness (QED) is 0.321. The molecule has 4 rings (SSSR count). The van der Waals surface area contributed by atoms with Gasteiger partial charge < -0.3 is 19.8 Å². The van der Waals surface area contributed by atoms with Crippen molar-refractivity contribution < 1.29 is 24.5 Å². The van der Waals surface area contributed by atoms with Crippen LogP contribution in [0.15, 0.2) is 65.6 Å². The van der Waals surface area contributed by atoms with Gasteiger partial charge in [0.1, 0.15) is 17.3 Å². The Morgan fingerprint density at radius 2 is 1.94 bits per heavy atom. The monoisotopic (exact) mass is 449 g/mol. The Bertz CT molecular complexity index is 1200. The lowest BCUT2D eigenvalue weighted by Crippen LogP contribution is -2.28. The molecule has 0 aliphatic carbocycles. The number of amides is 1. The van der Waals surface area contributed by atoms with E-state index in [0.29, 0.717) is 23.5 Å². The van der Waals surface area contributed by atoms with Crippen LogP contribution in [-0.4, -0.2) is 33.4 Å². The molecule has 1 unspecified atom stereocenters. The SMILES string of the molecule is CCOc1ccc(/C(O)=C2/C(=O)C(=O)N(Cc3cccs3)C2c2cccc(O)c2)cc1C. The van der Waals surface area contributed by atoms with E-state index in [9.17, 15) is 19.8 Å². The molecule has 6 nitrogen and oxygen atoms in total. The standard InChI is InChI=1S/C25H23NO5S/c1-3-31-20-10-9-17(12-15(20)2)23(28)21-22(16-6-4-7-18(27)13-16)26(25(30)24(21)29)14-19-8-5-11-32-19/h4-13,22,27-28H,3,14H2,1-2H3/b23-21-. The largest absolute Gasteiger partial charge is 0.508 e. The number of Topliss-reactive ketones (excluding diaryl/α,β-unsaturated/α-hetero) is 1. The van der Waals surface area contributed by atoms with Crippen molar-refractivity contribution in [3.05, 3.63) is 87.1 Å². The van der Waals surface area contributed by atoms with E-state index in [2.05, 4.69) is 0 Å². The lowest BCUT2D eigenvalue weighted by atomic mass is 9.94. The summed E-state index contributed by atoms with van der Waals surface area (Å²) in [7, 11) is 0. The Hall–Kier alpha value is -3.58. The topological polar surface area (TPSA) is 87.1 Å². The summed E-state index contributed by atoms with van der Waals surface area (Å²) in [5, 5.41) is 23.1. The molecule has 0 saturated carbocycles. The van der Waals surface area contributed by atoms with Gasteiger partial charge in [-0.15, -0.1) is 11.3 Å². The van der Waals surface area contributed by atoms with Crippen LogP contribution < -0.4 is 4.74 Å². The van der Waals surface area contributed by atoms with Crippen LogP contribution in [0.3, 0.4) is 0 Å². The van der Waals surface area contributed by atoms with Crippen LogP contribution in [0.5, 0.6) is 11.5 Å². The number of carbonyl (C=O) groups is 2. The molecule has 1 amide bonds. The molecule has 7 heteroatoms. The molecule has 1 atom stereocenters. The van der Waals surface area contributed by atoms with E-state index >= 15 is 0 Å². The van der Waals surface area contributed by atoms with Gasteiger partial charge in [0.2, 0.25) is 0 Å². The first-order chi connectivity index (χ1) is 15.4. The fraction of sp³-hybridized carbons (Fsp3) is 0.200. The molecular weight excluding hydrogens is 426 g/mol. The Morgan fingerprint density at radius 1 is 1.12 bits per heavy atom. The third kappa shape index (κ3) is 3.99. The van der Waals surface area contributed by atoms with Crippen molar-refractivity contribution in [1.29, 1.82) is 0 Å². The maximum absolute atomic E-state index is 13.1. The van der Waals surface area contributed by atoms with E-state index in [0.717, 1.165) is 10.4 Å². The number of hydrogen-bond acceptors (Lipinski definition) is 6. The van der Waals surface area contributed by atoms with E-state index in [1.165, 1.54) is 28.4 Å². The van der Waals surface area contributed by atoms with Crippen molar-refractivity contribution in [2.24, 2.45) is 0 Å². The molecule has 164 valence electrons. The highest BCUT2D eigenvalue weighted by Crippen LogP contribution is 2.41. The van der Waals surface area contributed by atoms with E-state index < -0.39 is 17.7 Å². The Kier molecular flexibility index (Phi) is 6.01. The Morgan fingerprint density at radius 3 is 2.59 bits per heavy atom. The summed E-state index contributed by atoms with van der Waals surface area (Å²) in [5.41, 5.74) is 1.77. The van der Waals surface area contributed by atoms with Crippen molar-refractivity contribution in [3.63, 3.8) is 0 Å². The molecule has 1 aliphatic rings. The third-order valence-corrected chi connectivity index (χ3v) is 6.24. The molecule has 1 aromatic heterocycles. The number of rotatable bonds is 6. The van der Waals surface area contributed by atoms with Crippen LogP contribution in [0.1, 0.15) is 34.5 Å². The predicted molar refractivity (Wildman–Crippen MR) is 123 cm³/mol. The average Bonchev–Trinajstić information content (AvgIpc) is 3.37. The number of benzene rings is 2. The van der Waals surface area contributed by atoms with Crippen molar-refractivity contribution in [1.82, 2.24) is 4.90 Å². The molecule has 3 aromatic rings. The van der Waals surface area contributed by atoms with Gasteiger partial charge in [0, 0.05) is 10.4 Å². The zero-order valence-corrected chi connectivity index (χ0v) is 18.6. The lowest BCUT2D eigenvalue weighted by molar-refractivity contribution is -0.140. The van der Waals surface area contributed by atoms with Crippen LogP contribution in [0.2, 0.25) is 0 Å². The number of aliphatic hydroxyl groups excluding tert-OH is 1.